The first-order chi connectivity index (χ1) is 17.0. The minimum absolute atomic E-state index is 0.0299. The van der Waals surface area contributed by atoms with Crippen LogP contribution in [-0.2, 0) is 4.74 Å². The number of anilines is 2. The molecule has 35 heavy (non-hydrogen) atoms. The van der Waals surface area contributed by atoms with Gasteiger partial charge >= 0.3 is 0 Å². The highest BCUT2D eigenvalue weighted by atomic mass is 19.1. The van der Waals surface area contributed by atoms with Crippen molar-refractivity contribution in [3.05, 3.63) is 48.9 Å². The molecule has 1 saturated heterocycles. The zero-order valence-electron chi connectivity index (χ0n) is 18.8. The summed E-state index contributed by atoms with van der Waals surface area (Å²) in [6.45, 7) is -0.0299. The van der Waals surface area contributed by atoms with Crippen LogP contribution in [0.3, 0.4) is 0 Å². The van der Waals surface area contributed by atoms with E-state index in [4.69, 9.17) is 20.9 Å². The van der Waals surface area contributed by atoms with Crippen molar-refractivity contribution in [1.29, 1.82) is 0 Å². The molecule has 0 amide bonds. The van der Waals surface area contributed by atoms with Gasteiger partial charge in [-0.1, -0.05) is 0 Å². The van der Waals surface area contributed by atoms with Gasteiger partial charge in [-0.15, -0.1) is 0 Å². The van der Waals surface area contributed by atoms with Crippen molar-refractivity contribution in [2.75, 3.05) is 17.7 Å². The Kier molecular flexibility index (Phi) is 5.39. The third-order valence-electron chi connectivity index (χ3n) is 6.71. The van der Waals surface area contributed by atoms with Gasteiger partial charge in [0, 0.05) is 29.7 Å². The van der Waals surface area contributed by atoms with Gasteiger partial charge < -0.3 is 35.9 Å². The monoisotopic (exact) mass is 479 g/mol. The number of halogens is 1. The van der Waals surface area contributed by atoms with Crippen molar-refractivity contribution < 1.29 is 19.0 Å². The van der Waals surface area contributed by atoms with E-state index in [9.17, 15) is 5.11 Å². The third kappa shape index (κ3) is 4.01. The molecule has 4 atom stereocenters. The number of aliphatic hydroxyl groups is 1. The van der Waals surface area contributed by atoms with E-state index >= 15 is 4.39 Å². The lowest BCUT2D eigenvalue weighted by Gasteiger charge is -2.33. The Labute approximate surface area is 200 Å². The van der Waals surface area contributed by atoms with Crippen molar-refractivity contribution in [1.82, 2.24) is 19.5 Å². The van der Waals surface area contributed by atoms with Crippen molar-refractivity contribution in [2.24, 2.45) is 5.73 Å². The highest BCUT2D eigenvalue weighted by Gasteiger charge is 2.46. The Morgan fingerprint density at radius 2 is 2.03 bits per heavy atom. The summed E-state index contributed by atoms with van der Waals surface area (Å²) in [5.74, 6) is 1.63. The molecule has 0 unspecified atom stereocenters. The Hall–Kier alpha value is -3.54. The number of nitrogens with zero attached hydrogens (tertiary/aromatic N) is 4. The van der Waals surface area contributed by atoms with Crippen LogP contribution >= 0.6 is 0 Å². The number of pyridine rings is 1. The predicted octanol–water partition coefficient (Wildman–Crippen LogP) is 2.14. The molecule has 10 nitrogen and oxygen atoms in total. The first kappa shape index (κ1) is 22.0. The molecule has 0 radical (unpaired) electrons. The Morgan fingerprint density at radius 1 is 1.20 bits per heavy atom. The molecule has 1 aromatic carbocycles. The molecule has 6 rings (SSSR count). The molecule has 1 aliphatic carbocycles. The summed E-state index contributed by atoms with van der Waals surface area (Å²) in [7, 11) is 0. The number of aliphatic hydroxyl groups excluding tert-OH is 1. The fourth-order valence-electron chi connectivity index (χ4n) is 4.70. The lowest BCUT2D eigenvalue weighted by molar-refractivity contribution is -0.0410. The summed E-state index contributed by atoms with van der Waals surface area (Å²) in [6, 6.07) is 11.8. The van der Waals surface area contributed by atoms with Gasteiger partial charge in [0.2, 0.25) is 0 Å². The van der Waals surface area contributed by atoms with E-state index in [0.29, 0.717) is 28.6 Å². The summed E-state index contributed by atoms with van der Waals surface area (Å²) in [6.07, 6.45) is -0.154. The number of hydrogen-bond acceptors (Lipinski definition) is 9. The second-order valence-electron chi connectivity index (χ2n) is 9.15. The van der Waals surface area contributed by atoms with Crippen molar-refractivity contribution in [3.8, 4) is 5.75 Å². The van der Waals surface area contributed by atoms with E-state index in [1.54, 1.807) is 12.3 Å². The van der Waals surface area contributed by atoms with Crippen LogP contribution in [0.1, 0.15) is 19.1 Å². The predicted molar refractivity (Wildman–Crippen MR) is 129 cm³/mol. The molecule has 1 saturated carbocycles. The molecular weight excluding hydrogens is 453 g/mol. The van der Waals surface area contributed by atoms with E-state index in [1.807, 2.05) is 30.3 Å². The third-order valence-corrected chi connectivity index (χ3v) is 6.71. The SMILES string of the molecule is Nc1ncnc2c1ccn2[C@@H]1O[C@H](COc2ccc3ccc(NC4CC(N)C4)nc3c2)[C@@H](O)[C@@H]1F. The van der Waals surface area contributed by atoms with E-state index in [1.165, 1.54) is 10.9 Å². The molecule has 3 aromatic heterocycles. The zero-order chi connectivity index (χ0) is 24.1. The van der Waals surface area contributed by atoms with Crippen LogP contribution in [0.4, 0.5) is 16.0 Å². The standard InChI is InChI=1S/C24H26FN7O3/c25-20-21(33)18(35-24(20)32-6-5-16-22(27)28-11-29-23(16)32)10-34-15-3-1-12-2-4-19(31-17(12)9-15)30-14-7-13(26)8-14/h1-6,9,11,13-14,18,20-21,24,33H,7-8,10,26H2,(H,30,31)(H2,27,28,29)/t13?,14?,18-,20+,21-,24-/m1/s1. The molecule has 182 valence electrons. The summed E-state index contributed by atoms with van der Waals surface area (Å²) in [5, 5.41) is 15.4. The maximum absolute atomic E-state index is 15.0. The second-order valence-corrected chi connectivity index (χ2v) is 9.15. The highest BCUT2D eigenvalue weighted by Crippen LogP contribution is 2.35. The Bertz CT molecular complexity index is 1380. The first-order valence-electron chi connectivity index (χ1n) is 11.6. The number of rotatable bonds is 6. The molecule has 11 heteroatoms. The maximum atomic E-state index is 15.0. The molecule has 2 aliphatic rings. The summed E-state index contributed by atoms with van der Waals surface area (Å²) < 4.78 is 28.3. The molecule has 0 spiro atoms. The number of nitrogen functional groups attached to an aromatic ring is 1. The second kappa shape index (κ2) is 8.59. The lowest BCUT2D eigenvalue weighted by Crippen LogP contribution is -2.44. The Balaban J connectivity index is 1.15. The smallest absolute Gasteiger partial charge is 0.173 e. The fourth-order valence-corrected chi connectivity index (χ4v) is 4.70. The molecule has 4 heterocycles. The minimum atomic E-state index is -1.66. The van der Waals surface area contributed by atoms with Gasteiger partial charge in [-0.2, -0.15) is 0 Å². The van der Waals surface area contributed by atoms with Crippen molar-refractivity contribution in [3.63, 3.8) is 0 Å². The quantitative estimate of drug-likeness (QED) is 0.327. The van der Waals surface area contributed by atoms with Gasteiger partial charge in [-0.25, -0.2) is 19.3 Å². The summed E-state index contributed by atoms with van der Waals surface area (Å²) in [4.78, 5) is 12.8. The molecule has 2 fully saturated rings. The summed E-state index contributed by atoms with van der Waals surface area (Å²) >= 11 is 0. The zero-order valence-corrected chi connectivity index (χ0v) is 18.8. The van der Waals surface area contributed by atoms with Gasteiger partial charge in [0.25, 0.3) is 0 Å². The van der Waals surface area contributed by atoms with Crippen LogP contribution in [0, 0.1) is 0 Å². The number of alkyl halides is 1. The number of hydrogen-bond donors (Lipinski definition) is 4. The number of aromatic nitrogens is 4. The van der Waals surface area contributed by atoms with E-state index < -0.39 is 24.6 Å². The van der Waals surface area contributed by atoms with E-state index in [-0.39, 0.29) is 12.6 Å². The number of benzene rings is 1. The largest absolute Gasteiger partial charge is 0.491 e. The first-order valence-corrected chi connectivity index (χ1v) is 11.6. The Morgan fingerprint density at radius 3 is 2.86 bits per heavy atom. The van der Waals surface area contributed by atoms with Crippen LogP contribution in [0.15, 0.2) is 48.9 Å². The number of nitrogens with one attached hydrogen (secondary N) is 1. The number of fused-ring (bicyclic) bond motifs is 2. The topological polar surface area (TPSA) is 146 Å². The molecule has 4 aromatic rings. The highest BCUT2D eigenvalue weighted by molar-refractivity contribution is 5.86. The van der Waals surface area contributed by atoms with Gasteiger partial charge in [-0.05, 0) is 43.2 Å². The fraction of sp³-hybridized carbons (Fsp3) is 0.375. The molecule has 0 bridgehead atoms. The average Bonchev–Trinajstić information content (AvgIpc) is 3.38. The maximum Gasteiger partial charge on any atom is 0.173 e. The van der Waals surface area contributed by atoms with Gasteiger partial charge in [-0.3, -0.25) is 0 Å². The van der Waals surface area contributed by atoms with Crippen LogP contribution in [-0.4, -0.2) is 61.7 Å². The van der Waals surface area contributed by atoms with Crippen molar-refractivity contribution in [2.45, 2.75) is 49.5 Å². The van der Waals surface area contributed by atoms with Crippen LogP contribution in [0.5, 0.6) is 5.75 Å². The molecular formula is C24H26FN7O3. The van der Waals surface area contributed by atoms with E-state index in [2.05, 4.69) is 20.3 Å². The minimum Gasteiger partial charge on any atom is -0.491 e. The molecule has 1 aliphatic heterocycles. The van der Waals surface area contributed by atoms with Crippen LogP contribution < -0.4 is 21.5 Å². The van der Waals surface area contributed by atoms with Gasteiger partial charge in [0.1, 0.15) is 48.2 Å². The number of nitrogens with two attached hydrogens (primary N) is 2. The average molecular weight is 480 g/mol. The van der Waals surface area contributed by atoms with Crippen LogP contribution in [0.25, 0.3) is 21.9 Å². The number of ether oxygens (including phenoxy) is 2. The van der Waals surface area contributed by atoms with E-state index in [0.717, 1.165) is 29.6 Å². The lowest BCUT2D eigenvalue weighted by atomic mass is 9.88. The molecule has 6 N–H and O–H groups in total. The normalized spacial score (nSPS) is 28.3. The van der Waals surface area contributed by atoms with Gasteiger partial charge in [0.05, 0.1) is 10.9 Å². The van der Waals surface area contributed by atoms with Crippen molar-refractivity contribution >= 4 is 33.6 Å². The summed E-state index contributed by atoms with van der Waals surface area (Å²) in [5.41, 5.74) is 12.9. The van der Waals surface area contributed by atoms with Crippen LogP contribution in [0.2, 0.25) is 0 Å². The van der Waals surface area contributed by atoms with Gasteiger partial charge in [0.15, 0.2) is 12.4 Å².